The number of aromatic nitrogens is 2. The molecule has 0 atom stereocenters. The summed E-state index contributed by atoms with van der Waals surface area (Å²) in [4.78, 5) is 21.3. The predicted molar refractivity (Wildman–Crippen MR) is 58.9 cm³/mol. The van der Waals surface area contributed by atoms with Crippen molar-refractivity contribution in [2.75, 3.05) is 19.0 Å². The molecule has 0 bridgehead atoms. The van der Waals surface area contributed by atoms with Gasteiger partial charge in [-0.2, -0.15) is 0 Å². The van der Waals surface area contributed by atoms with Crippen molar-refractivity contribution in [3.05, 3.63) is 24.3 Å². The minimum Gasteiger partial charge on any atom is -0.339 e. The Bertz CT molecular complexity index is 305. The van der Waals surface area contributed by atoms with Crippen molar-refractivity contribution in [2.45, 2.75) is 13.3 Å². The molecule has 1 aromatic rings. The van der Waals surface area contributed by atoms with E-state index >= 15 is 0 Å². The number of carbonyl (C=O) groups is 1. The summed E-state index contributed by atoms with van der Waals surface area (Å²) < 4.78 is 0. The van der Waals surface area contributed by atoms with Crippen LogP contribution in [0.4, 0.5) is 0 Å². The van der Waals surface area contributed by atoms with Crippen LogP contribution in [0.5, 0.6) is 0 Å². The van der Waals surface area contributed by atoms with Crippen LogP contribution in [-0.4, -0.2) is 39.7 Å². The molecule has 0 N–H and O–H groups in total. The monoisotopic (exact) mass is 227 g/mol. The summed E-state index contributed by atoms with van der Waals surface area (Å²) in [5.41, 5.74) is 0.522. The van der Waals surface area contributed by atoms with E-state index in [1.54, 1.807) is 4.90 Å². The van der Waals surface area contributed by atoms with E-state index in [-0.39, 0.29) is 5.91 Å². The Morgan fingerprint density at radius 2 is 2.13 bits per heavy atom. The molecule has 82 valence electrons. The van der Waals surface area contributed by atoms with Gasteiger partial charge in [-0.25, -0.2) is 9.97 Å². The maximum absolute atomic E-state index is 11.9. The van der Waals surface area contributed by atoms with E-state index in [0.29, 0.717) is 24.5 Å². The van der Waals surface area contributed by atoms with Gasteiger partial charge in [-0.3, -0.25) is 4.79 Å². The van der Waals surface area contributed by atoms with Crippen LogP contribution in [0, 0.1) is 0 Å². The van der Waals surface area contributed by atoms with E-state index in [0.717, 1.165) is 6.42 Å². The number of hydrogen-bond acceptors (Lipinski definition) is 3. The number of alkyl halides is 1. The number of halogens is 1. The summed E-state index contributed by atoms with van der Waals surface area (Å²) in [6, 6.07) is 0. The van der Waals surface area contributed by atoms with Crippen LogP contribution in [0.25, 0.3) is 0 Å². The molecule has 0 unspecified atom stereocenters. The highest BCUT2D eigenvalue weighted by Crippen LogP contribution is 2.02. The minimum atomic E-state index is -0.0387. The molecule has 4 nitrogen and oxygen atoms in total. The van der Waals surface area contributed by atoms with Gasteiger partial charge in [0.15, 0.2) is 0 Å². The molecule has 15 heavy (non-hydrogen) atoms. The van der Waals surface area contributed by atoms with Gasteiger partial charge in [-0.15, -0.1) is 11.6 Å². The third kappa shape index (κ3) is 3.47. The molecule has 0 aliphatic rings. The first-order chi connectivity index (χ1) is 7.29. The van der Waals surface area contributed by atoms with Crippen molar-refractivity contribution in [3.63, 3.8) is 0 Å². The fourth-order valence-corrected chi connectivity index (χ4v) is 1.37. The van der Waals surface area contributed by atoms with E-state index in [1.165, 1.54) is 18.7 Å². The van der Waals surface area contributed by atoms with Gasteiger partial charge in [0.1, 0.15) is 6.33 Å². The third-order valence-corrected chi connectivity index (χ3v) is 2.31. The molecule has 0 saturated heterocycles. The molecule has 0 aliphatic heterocycles. The molecule has 1 amide bonds. The van der Waals surface area contributed by atoms with Gasteiger partial charge in [0.2, 0.25) is 0 Å². The molecule has 1 rings (SSSR count). The standard InChI is InChI=1S/C10H14ClN3O/c1-2-14(5-3-4-11)10(15)9-6-12-8-13-7-9/h6-8H,2-5H2,1H3. The van der Waals surface area contributed by atoms with Crippen molar-refractivity contribution in [1.82, 2.24) is 14.9 Å². The second-order valence-electron chi connectivity index (χ2n) is 3.05. The quantitative estimate of drug-likeness (QED) is 0.718. The number of carbonyl (C=O) groups excluding carboxylic acids is 1. The van der Waals surface area contributed by atoms with Crippen molar-refractivity contribution < 1.29 is 4.79 Å². The third-order valence-electron chi connectivity index (χ3n) is 2.04. The lowest BCUT2D eigenvalue weighted by Crippen LogP contribution is -2.32. The smallest absolute Gasteiger partial charge is 0.256 e. The van der Waals surface area contributed by atoms with Gasteiger partial charge in [-0.1, -0.05) is 0 Å². The van der Waals surface area contributed by atoms with Crippen LogP contribution in [0.15, 0.2) is 18.7 Å². The summed E-state index contributed by atoms with van der Waals surface area (Å²) in [5.74, 6) is 0.526. The molecule has 5 heteroatoms. The average Bonchev–Trinajstić information content (AvgIpc) is 2.31. The molecule has 0 aromatic carbocycles. The first-order valence-electron chi connectivity index (χ1n) is 4.89. The van der Waals surface area contributed by atoms with Gasteiger partial charge in [0.05, 0.1) is 5.56 Å². The largest absolute Gasteiger partial charge is 0.339 e. The summed E-state index contributed by atoms with van der Waals surface area (Å²) >= 11 is 5.59. The zero-order valence-corrected chi connectivity index (χ0v) is 9.44. The molecule has 0 fully saturated rings. The fourth-order valence-electron chi connectivity index (χ4n) is 1.25. The van der Waals surface area contributed by atoms with E-state index < -0.39 is 0 Å². The zero-order valence-electron chi connectivity index (χ0n) is 8.69. The highest BCUT2D eigenvalue weighted by molar-refractivity contribution is 6.17. The highest BCUT2D eigenvalue weighted by Gasteiger charge is 2.13. The summed E-state index contributed by atoms with van der Waals surface area (Å²) in [6.45, 7) is 3.29. The highest BCUT2D eigenvalue weighted by atomic mass is 35.5. The summed E-state index contributed by atoms with van der Waals surface area (Å²) in [6.07, 6.45) is 5.26. The lowest BCUT2D eigenvalue weighted by Gasteiger charge is -2.19. The van der Waals surface area contributed by atoms with Crippen LogP contribution < -0.4 is 0 Å². The van der Waals surface area contributed by atoms with E-state index in [2.05, 4.69) is 9.97 Å². The van der Waals surface area contributed by atoms with Crippen LogP contribution in [-0.2, 0) is 0 Å². The van der Waals surface area contributed by atoms with Gasteiger partial charge in [0.25, 0.3) is 5.91 Å². The topological polar surface area (TPSA) is 46.1 Å². The Morgan fingerprint density at radius 1 is 1.47 bits per heavy atom. The Kier molecular flexibility index (Phi) is 5.04. The second-order valence-corrected chi connectivity index (χ2v) is 3.43. The Labute approximate surface area is 94.3 Å². The number of nitrogens with zero attached hydrogens (tertiary/aromatic N) is 3. The Morgan fingerprint density at radius 3 is 2.67 bits per heavy atom. The second kappa shape index (κ2) is 6.35. The maximum Gasteiger partial charge on any atom is 0.256 e. The van der Waals surface area contributed by atoms with Crippen LogP contribution in [0.1, 0.15) is 23.7 Å². The molecule has 1 aromatic heterocycles. The normalized spacial score (nSPS) is 10.0. The van der Waals surface area contributed by atoms with E-state index in [4.69, 9.17) is 11.6 Å². The van der Waals surface area contributed by atoms with Crippen LogP contribution in [0.2, 0.25) is 0 Å². The Hall–Kier alpha value is -1.16. The maximum atomic E-state index is 11.9. The first kappa shape index (κ1) is 11.9. The van der Waals surface area contributed by atoms with Crippen LogP contribution >= 0.6 is 11.6 Å². The van der Waals surface area contributed by atoms with E-state index in [9.17, 15) is 4.79 Å². The summed E-state index contributed by atoms with van der Waals surface area (Å²) in [7, 11) is 0. The number of rotatable bonds is 5. The fraction of sp³-hybridized carbons (Fsp3) is 0.500. The molecule has 1 heterocycles. The molecular weight excluding hydrogens is 214 g/mol. The molecule has 0 radical (unpaired) electrons. The lowest BCUT2D eigenvalue weighted by molar-refractivity contribution is 0.0764. The zero-order chi connectivity index (χ0) is 11.1. The van der Waals surface area contributed by atoms with Gasteiger partial charge in [0, 0.05) is 31.4 Å². The average molecular weight is 228 g/mol. The minimum absolute atomic E-state index is 0.0387. The van der Waals surface area contributed by atoms with Gasteiger partial charge >= 0.3 is 0 Å². The van der Waals surface area contributed by atoms with Crippen molar-refractivity contribution >= 4 is 17.5 Å². The van der Waals surface area contributed by atoms with Crippen molar-refractivity contribution in [2.24, 2.45) is 0 Å². The number of hydrogen-bond donors (Lipinski definition) is 0. The van der Waals surface area contributed by atoms with Crippen molar-refractivity contribution in [3.8, 4) is 0 Å². The molecule has 0 saturated carbocycles. The Balaban J connectivity index is 2.65. The molecular formula is C10H14ClN3O. The molecule has 0 spiro atoms. The van der Waals surface area contributed by atoms with Gasteiger partial charge in [-0.05, 0) is 13.3 Å². The SMILES string of the molecule is CCN(CCCCl)C(=O)c1cncnc1. The number of amides is 1. The molecule has 0 aliphatic carbocycles. The van der Waals surface area contributed by atoms with Gasteiger partial charge < -0.3 is 4.90 Å². The van der Waals surface area contributed by atoms with E-state index in [1.807, 2.05) is 6.92 Å². The van der Waals surface area contributed by atoms with Crippen LogP contribution in [0.3, 0.4) is 0 Å². The first-order valence-corrected chi connectivity index (χ1v) is 5.43. The summed E-state index contributed by atoms with van der Waals surface area (Å²) in [5, 5.41) is 0. The predicted octanol–water partition coefficient (Wildman–Crippen LogP) is 1.57. The lowest BCUT2D eigenvalue weighted by atomic mass is 10.3. The van der Waals surface area contributed by atoms with Crippen molar-refractivity contribution in [1.29, 1.82) is 0 Å².